The van der Waals surface area contributed by atoms with Crippen LogP contribution in [0, 0.1) is 0 Å². The van der Waals surface area contributed by atoms with Crippen molar-refractivity contribution in [2.75, 3.05) is 18.0 Å². The van der Waals surface area contributed by atoms with E-state index in [1.54, 1.807) is 0 Å². The Morgan fingerprint density at radius 1 is 1.59 bits per heavy atom. The van der Waals surface area contributed by atoms with Gasteiger partial charge in [-0.25, -0.2) is 9.78 Å². The lowest BCUT2D eigenvalue weighted by atomic mass is 10.2. The molecule has 0 aromatic carbocycles. The predicted octanol–water partition coefficient (Wildman–Crippen LogP) is 2.84. The zero-order chi connectivity index (χ0) is 13.0. The van der Waals surface area contributed by atoms with Crippen molar-refractivity contribution in [3.05, 3.63) is 35.0 Å². The minimum Gasteiger partial charge on any atom is -0.478 e. The van der Waals surface area contributed by atoms with Crippen molar-refractivity contribution >= 4 is 23.4 Å². The number of nitrogens with zero attached hydrogens (tertiary/aromatic N) is 2. The monoisotopic (exact) mass is 254 g/mol. The highest BCUT2D eigenvalue weighted by Gasteiger charge is 2.17. The fraction of sp³-hybridized carbons (Fsp3) is 0.333. The fourth-order valence-corrected chi connectivity index (χ4v) is 1.64. The molecule has 5 heteroatoms. The van der Waals surface area contributed by atoms with Crippen LogP contribution in [0.25, 0.3) is 0 Å². The number of anilines is 1. The number of hydrogen-bond donors (Lipinski definition) is 1. The summed E-state index contributed by atoms with van der Waals surface area (Å²) in [6.45, 7) is 8.82. The number of pyridine rings is 1. The molecule has 0 saturated heterocycles. The summed E-state index contributed by atoms with van der Waals surface area (Å²) in [6.07, 6.45) is 0. The molecule has 17 heavy (non-hydrogen) atoms. The molecule has 0 atom stereocenters. The molecule has 0 spiro atoms. The van der Waals surface area contributed by atoms with Gasteiger partial charge >= 0.3 is 5.97 Å². The summed E-state index contributed by atoms with van der Waals surface area (Å²) in [6, 6.07) is 2.94. The molecular weight excluding hydrogens is 240 g/mol. The lowest BCUT2D eigenvalue weighted by molar-refractivity contribution is 0.0697. The Hall–Kier alpha value is -1.55. The minimum absolute atomic E-state index is 0.150. The molecule has 0 fully saturated rings. The van der Waals surface area contributed by atoms with Gasteiger partial charge in [0.25, 0.3) is 0 Å². The third-order valence-corrected chi connectivity index (χ3v) is 2.42. The zero-order valence-corrected chi connectivity index (χ0v) is 10.7. The van der Waals surface area contributed by atoms with Gasteiger partial charge in [0.15, 0.2) is 0 Å². The maximum absolute atomic E-state index is 11.1. The number of likely N-dealkylation sites (N-methyl/N-ethyl adjacent to an activating group) is 1. The van der Waals surface area contributed by atoms with Crippen LogP contribution in [0.5, 0.6) is 0 Å². The van der Waals surface area contributed by atoms with E-state index in [4.69, 9.17) is 16.7 Å². The lowest BCUT2D eigenvalue weighted by Crippen LogP contribution is -2.27. The van der Waals surface area contributed by atoms with E-state index in [0.29, 0.717) is 18.9 Å². The van der Waals surface area contributed by atoms with Crippen molar-refractivity contribution in [2.24, 2.45) is 0 Å². The van der Waals surface area contributed by atoms with E-state index in [-0.39, 0.29) is 10.7 Å². The molecule has 0 aliphatic carbocycles. The smallest absolute Gasteiger partial charge is 0.339 e. The summed E-state index contributed by atoms with van der Waals surface area (Å²) in [5, 5.41) is 9.39. The first-order chi connectivity index (χ1) is 7.95. The van der Waals surface area contributed by atoms with Gasteiger partial charge in [-0.1, -0.05) is 23.8 Å². The number of aromatic carboxylic acids is 1. The number of halogens is 1. The second-order valence-corrected chi connectivity index (χ2v) is 4.17. The molecule has 1 heterocycles. The molecule has 1 aromatic rings. The minimum atomic E-state index is -1.01. The summed E-state index contributed by atoms with van der Waals surface area (Å²) in [4.78, 5) is 17.0. The number of carboxylic acid groups (broad SMARTS) is 1. The van der Waals surface area contributed by atoms with E-state index in [0.717, 1.165) is 5.57 Å². The highest BCUT2D eigenvalue weighted by molar-refractivity contribution is 6.29. The van der Waals surface area contributed by atoms with Crippen LogP contribution >= 0.6 is 11.6 Å². The number of hydrogen-bond acceptors (Lipinski definition) is 3. The first kappa shape index (κ1) is 13.5. The van der Waals surface area contributed by atoms with Crippen LogP contribution in [-0.2, 0) is 0 Å². The Bertz CT molecular complexity index is 446. The maximum Gasteiger partial charge on any atom is 0.339 e. The van der Waals surface area contributed by atoms with Crippen LogP contribution in [0.2, 0.25) is 5.15 Å². The second kappa shape index (κ2) is 5.68. The topological polar surface area (TPSA) is 53.4 Å². The van der Waals surface area contributed by atoms with Crippen molar-refractivity contribution < 1.29 is 9.90 Å². The van der Waals surface area contributed by atoms with Gasteiger partial charge in [-0.3, -0.25) is 0 Å². The SMILES string of the molecule is C=C(C)CN(CC)c1nc(Cl)ccc1C(=O)O. The molecule has 0 aliphatic rings. The van der Waals surface area contributed by atoms with Gasteiger partial charge in [-0.05, 0) is 26.0 Å². The third-order valence-electron chi connectivity index (χ3n) is 2.21. The molecule has 1 rings (SSSR count). The van der Waals surface area contributed by atoms with Gasteiger partial charge < -0.3 is 10.0 Å². The Morgan fingerprint density at radius 2 is 2.24 bits per heavy atom. The first-order valence-electron chi connectivity index (χ1n) is 5.24. The van der Waals surface area contributed by atoms with Crippen molar-refractivity contribution in [1.82, 2.24) is 4.98 Å². The molecule has 0 bridgehead atoms. The van der Waals surface area contributed by atoms with Gasteiger partial charge in [0.1, 0.15) is 16.5 Å². The Balaban J connectivity index is 3.20. The van der Waals surface area contributed by atoms with Crippen molar-refractivity contribution in [3.63, 3.8) is 0 Å². The van der Waals surface area contributed by atoms with Crippen LogP contribution in [0.15, 0.2) is 24.3 Å². The molecule has 0 aliphatic heterocycles. The first-order valence-corrected chi connectivity index (χ1v) is 5.62. The number of carboxylic acids is 1. The van der Waals surface area contributed by atoms with Crippen LogP contribution in [0.1, 0.15) is 24.2 Å². The van der Waals surface area contributed by atoms with Gasteiger partial charge in [-0.2, -0.15) is 0 Å². The van der Waals surface area contributed by atoms with Crippen molar-refractivity contribution in [3.8, 4) is 0 Å². The number of rotatable bonds is 5. The average molecular weight is 255 g/mol. The van der Waals surface area contributed by atoms with Crippen LogP contribution in [0.3, 0.4) is 0 Å². The molecule has 0 unspecified atom stereocenters. The summed E-state index contributed by atoms with van der Waals surface area (Å²) < 4.78 is 0. The predicted molar refractivity (Wildman–Crippen MR) is 68.9 cm³/mol. The van der Waals surface area contributed by atoms with E-state index in [9.17, 15) is 4.79 Å². The van der Waals surface area contributed by atoms with E-state index in [2.05, 4.69) is 11.6 Å². The summed E-state index contributed by atoms with van der Waals surface area (Å²) in [5.74, 6) is -0.625. The fourth-order valence-electron chi connectivity index (χ4n) is 1.50. The third kappa shape index (κ3) is 3.46. The zero-order valence-electron chi connectivity index (χ0n) is 9.90. The Labute approximate surface area is 106 Å². The standard InChI is InChI=1S/C12H15ClN2O2/c1-4-15(7-8(2)3)11-9(12(16)17)5-6-10(13)14-11/h5-6H,2,4,7H2,1,3H3,(H,16,17). The average Bonchev–Trinajstić information content (AvgIpc) is 2.25. The maximum atomic E-state index is 11.1. The normalized spacial score (nSPS) is 10.1. The summed E-state index contributed by atoms with van der Waals surface area (Å²) >= 11 is 5.81. The van der Waals surface area contributed by atoms with Gasteiger partial charge in [0.2, 0.25) is 0 Å². The van der Waals surface area contributed by atoms with Crippen LogP contribution < -0.4 is 4.90 Å². The number of carbonyl (C=O) groups is 1. The molecule has 0 amide bonds. The molecule has 1 aromatic heterocycles. The highest BCUT2D eigenvalue weighted by atomic mass is 35.5. The Kier molecular flexibility index (Phi) is 4.52. The molecular formula is C12H15ClN2O2. The lowest BCUT2D eigenvalue weighted by Gasteiger charge is -2.23. The summed E-state index contributed by atoms with van der Waals surface area (Å²) in [7, 11) is 0. The van der Waals surface area contributed by atoms with Gasteiger partial charge in [0, 0.05) is 13.1 Å². The molecule has 0 saturated carbocycles. The van der Waals surface area contributed by atoms with E-state index in [1.165, 1.54) is 12.1 Å². The number of aromatic nitrogens is 1. The van der Waals surface area contributed by atoms with Gasteiger partial charge in [0.05, 0.1) is 0 Å². The largest absolute Gasteiger partial charge is 0.478 e. The summed E-state index contributed by atoms with van der Waals surface area (Å²) in [5.41, 5.74) is 1.09. The van der Waals surface area contributed by atoms with E-state index < -0.39 is 5.97 Å². The molecule has 92 valence electrons. The van der Waals surface area contributed by atoms with E-state index >= 15 is 0 Å². The van der Waals surface area contributed by atoms with Crippen LogP contribution in [-0.4, -0.2) is 29.1 Å². The van der Waals surface area contributed by atoms with Crippen LogP contribution in [0.4, 0.5) is 5.82 Å². The second-order valence-electron chi connectivity index (χ2n) is 3.78. The molecule has 0 radical (unpaired) electrons. The molecule has 4 nitrogen and oxygen atoms in total. The van der Waals surface area contributed by atoms with Crippen molar-refractivity contribution in [1.29, 1.82) is 0 Å². The van der Waals surface area contributed by atoms with Gasteiger partial charge in [-0.15, -0.1) is 0 Å². The highest BCUT2D eigenvalue weighted by Crippen LogP contribution is 2.21. The quantitative estimate of drug-likeness (QED) is 0.649. The molecule has 1 N–H and O–H groups in total. The Morgan fingerprint density at radius 3 is 2.71 bits per heavy atom. The van der Waals surface area contributed by atoms with Crippen molar-refractivity contribution in [2.45, 2.75) is 13.8 Å². The van der Waals surface area contributed by atoms with E-state index in [1.807, 2.05) is 18.7 Å².